The van der Waals surface area contributed by atoms with Gasteiger partial charge in [0.1, 0.15) is 5.82 Å². The number of rotatable bonds is 9. The molecular weight excluding hydrogens is 446 g/mol. The van der Waals surface area contributed by atoms with Crippen molar-refractivity contribution < 1.29 is 14.1 Å². The predicted molar refractivity (Wildman–Crippen MR) is 130 cm³/mol. The first-order valence-electron chi connectivity index (χ1n) is 13.0. The van der Waals surface area contributed by atoms with Crippen LogP contribution in [-0.2, 0) is 29.1 Å². The van der Waals surface area contributed by atoms with E-state index < -0.39 is 0 Å². The van der Waals surface area contributed by atoms with Gasteiger partial charge >= 0.3 is 0 Å². The van der Waals surface area contributed by atoms with Gasteiger partial charge in [-0.2, -0.15) is 4.98 Å². The van der Waals surface area contributed by atoms with E-state index in [1.165, 1.54) is 19.3 Å². The Balaban J connectivity index is 1.18. The van der Waals surface area contributed by atoms with Crippen LogP contribution in [0.5, 0.6) is 0 Å². The van der Waals surface area contributed by atoms with E-state index in [0.29, 0.717) is 56.8 Å². The van der Waals surface area contributed by atoms with Crippen LogP contribution < -0.4 is 0 Å². The summed E-state index contributed by atoms with van der Waals surface area (Å²) in [6, 6.07) is 0.373. The van der Waals surface area contributed by atoms with E-state index in [0.717, 1.165) is 31.8 Å². The molecule has 4 rings (SSSR count). The van der Waals surface area contributed by atoms with Crippen LogP contribution in [0.4, 0.5) is 0 Å². The molecule has 1 atom stereocenters. The molecule has 2 aromatic rings. The monoisotopic (exact) mass is 485 g/mol. The molecule has 0 radical (unpaired) electrons. The van der Waals surface area contributed by atoms with Crippen LogP contribution in [0.25, 0.3) is 0 Å². The first-order chi connectivity index (χ1) is 16.9. The number of hydrogen-bond acceptors (Lipinski definition) is 7. The first kappa shape index (κ1) is 25.3. The summed E-state index contributed by atoms with van der Waals surface area (Å²) in [5, 5.41) is 4.11. The van der Waals surface area contributed by atoms with Crippen molar-refractivity contribution in [2.75, 3.05) is 33.2 Å². The number of nitrogens with zero attached hydrogens (tertiary/aromatic N) is 7. The van der Waals surface area contributed by atoms with Gasteiger partial charge in [0.15, 0.2) is 5.82 Å². The van der Waals surface area contributed by atoms with Gasteiger partial charge in [-0.05, 0) is 19.8 Å². The van der Waals surface area contributed by atoms with Gasteiger partial charge in [0.2, 0.25) is 17.7 Å². The Morgan fingerprint density at radius 2 is 1.91 bits per heavy atom. The summed E-state index contributed by atoms with van der Waals surface area (Å²) in [5.74, 6) is 2.32. The predicted octanol–water partition coefficient (Wildman–Crippen LogP) is 2.28. The van der Waals surface area contributed by atoms with Crippen LogP contribution in [0.15, 0.2) is 16.9 Å². The molecule has 1 saturated heterocycles. The number of imidazole rings is 1. The number of piperazine rings is 1. The number of amides is 2. The highest BCUT2D eigenvalue weighted by Crippen LogP contribution is 2.22. The molecule has 1 aliphatic carbocycles. The van der Waals surface area contributed by atoms with E-state index in [9.17, 15) is 9.59 Å². The lowest BCUT2D eigenvalue weighted by Crippen LogP contribution is -2.50. The van der Waals surface area contributed by atoms with Crippen molar-refractivity contribution in [3.05, 3.63) is 29.9 Å². The molecule has 2 aliphatic rings. The van der Waals surface area contributed by atoms with E-state index in [2.05, 4.69) is 20.0 Å². The second kappa shape index (κ2) is 11.8. The summed E-state index contributed by atoms with van der Waals surface area (Å²) in [6.07, 6.45) is 10.5. The smallest absolute Gasteiger partial charge is 0.227 e. The number of aryl methyl sites for hydroxylation is 2. The van der Waals surface area contributed by atoms with Gasteiger partial charge in [0, 0.05) is 71.0 Å². The maximum Gasteiger partial charge on any atom is 0.227 e. The average molecular weight is 486 g/mol. The van der Waals surface area contributed by atoms with Crippen molar-refractivity contribution in [1.82, 2.24) is 34.4 Å². The van der Waals surface area contributed by atoms with Crippen LogP contribution >= 0.6 is 0 Å². The second-order valence-electron chi connectivity index (χ2n) is 10.0. The van der Waals surface area contributed by atoms with E-state index >= 15 is 0 Å². The Kier molecular flexibility index (Phi) is 8.54. The molecule has 2 amide bonds. The molecule has 10 heteroatoms. The van der Waals surface area contributed by atoms with Crippen LogP contribution in [0.1, 0.15) is 63.0 Å². The number of carbonyl (C=O) groups excluding carboxylic acids is 2. The maximum absolute atomic E-state index is 12.9. The summed E-state index contributed by atoms with van der Waals surface area (Å²) >= 11 is 0. The first-order valence-corrected chi connectivity index (χ1v) is 13.0. The molecule has 0 unspecified atom stereocenters. The topological polar surface area (TPSA) is 101 Å². The van der Waals surface area contributed by atoms with Crippen LogP contribution in [0, 0.1) is 12.8 Å². The number of aromatic nitrogens is 4. The summed E-state index contributed by atoms with van der Waals surface area (Å²) in [5.41, 5.74) is 0. The van der Waals surface area contributed by atoms with Gasteiger partial charge in [0.25, 0.3) is 0 Å². The molecule has 10 nitrogen and oxygen atoms in total. The highest BCUT2D eigenvalue weighted by molar-refractivity contribution is 5.78. The minimum absolute atomic E-state index is 0.0888. The van der Waals surface area contributed by atoms with Crippen LogP contribution in [-0.4, -0.2) is 85.5 Å². The van der Waals surface area contributed by atoms with Crippen molar-refractivity contribution in [1.29, 1.82) is 0 Å². The maximum atomic E-state index is 12.9. The molecule has 3 heterocycles. The lowest BCUT2D eigenvalue weighted by atomic mass is 9.94. The third kappa shape index (κ3) is 6.68. The minimum atomic E-state index is -0.0888. The quantitative estimate of drug-likeness (QED) is 0.537. The lowest BCUT2D eigenvalue weighted by molar-refractivity contribution is -0.137. The fourth-order valence-electron chi connectivity index (χ4n) is 5.13. The Hall–Kier alpha value is -2.75. The lowest BCUT2D eigenvalue weighted by Gasteiger charge is -2.35. The standard InChI is InChI=1S/C25H39N7O3/c1-19(17-32-12-11-26-20(32)2)25(34)31-15-13-30(14-16-31)18-22-27-23(35-28-22)9-10-24(33)29(3)21-7-5-4-6-8-21/h11-12,19,21H,4-10,13-18H2,1-3H3/t19-/m0/s1. The fraction of sp³-hybridized carbons (Fsp3) is 0.720. The molecule has 0 spiro atoms. The fourth-order valence-corrected chi connectivity index (χ4v) is 5.13. The molecule has 35 heavy (non-hydrogen) atoms. The molecule has 0 N–H and O–H groups in total. The Bertz CT molecular complexity index is 973. The number of hydrogen-bond donors (Lipinski definition) is 0. The second-order valence-corrected chi connectivity index (χ2v) is 10.0. The Labute approximate surface area is 207 Å². The molecule has 1 saturated carbocycles. The van der Waals surface area contributed by atoms with Crippen LogP contribution in [0.2, 0.25) is 0 Å². The summed E-state index contributed by atoms with van der Waals surface area (Å²) < 4.78 is 7.42. The SMILES string of the molecule is Cc1nccn1C[C@H](C)C(=O)N1CCN(Cc2noc(CCC(=O)N(C)C3CCCCC3)n2)CC1. The van der Waals surface area contributed by atoms with Crippen molar-refractivity contribution in [3.8, 4) is 0 Å². The minimum Gasteiger partial charge on any atom is -0.343 e. The largest absolute Gasteiger partial charge is 0.343 e. The molecule has 2 aromatic heterocycles. The zero-order valence-electron chi connectivity index (χ0n) is 21.4. The number of carbonyl (C=O) groups is 2. The highest BCUT2D eigenvalue weighted by Gasteiger charge is 2.26. The molecule has 0 bridgehead atoms. The Morgan fingerprint density at radius 3 is 2.60 bits per heavy atom. The van der Waals surface area contributed by atoms with Crippen LogP contribution in [0.3, 0.4) is 0 Å². The van der Waals surface area contributed by atoms with Gasteiger partial charge in [-0.3, -0.25) is 14.5 Å². The van der Waals surface area contributed by atoms with Crippen molar-refractivity contribution in [3.63, 3.8) is 0 Å². The molecule has 192 valence electrons. The van der Waals surface area contributed by atoms with Crippen molar-refractivity contribution in [2.24, 2.45) is 5.92 Å². The summed E-state index contributed by atoms with van der Waals surface area (Å²) in [4.78, 5) is 40.3. The Morgan fingerprint density at radius 1 is 1.17 bits per heavy atom. The molecular formula is C25H39N7O3. The van der Waals surface area contributed by atoms with Crippen molar-refractivity contribution >= 4 is 11.8 Å². The van der Waals surface area contributed by atoms with E-state index in [4.69, 9.17) is 4.52 Å². The summed E-state index contributed by atoms with van der Waals surface area (Å²) in [6.45, 7) is 8.10. The van der Waals surface area contributed by atoms with Gasteiger partial charge in [-0.25, -0.2) is 4.98 Å². The van der Waals surface area contributed by atoms with Gasteiger partial charge in [-0.15, -0.1) is 0 Å². The average Bonchev–Trinajstić information content (AvgIpc) is 3.51. The van der Waals surface area contributed by atoms with E-state index in [-0.39, 0.29) is 17.7 Å². The van der Waals surface area contributed by atoms with E-state index in [1.807, 2.05) is 41.5 Å². The normalized spacial score (nSPS) is 18.5. The van der Waals surface area contributed by atoms with Gasteiger partial charge in [-0.1, -0.05) is 31.3 Å². The zero-order chi connectivity index (χ0) is 24.8. The highest BCUT2D eigenvalue weighted by atomic mass is 16.5. The third-order valence-electron chi connectivity index (χ3n) is 7.44. The molecule has 2 fully saturated rings. The van der Waals surface area contributed by atoms with E-state index in [1.54, 1.807) is 6.20 Å². The third-order valence-corrected chi connectivity index (χ3v) is 7.44. The van der Waals surface area contributed by atoms with Gasteiger partial charge in [0.05, 0.1) is 12.5 Å². The van der Waals surface area contributed by atoms with Crippen molar-refractivity contribution in [2.45, 2.75) is 77.9 Å². The zero-order valence-corrected chi connectivity index (χ0v) is 21.4. The molecule has 0 aromatic carbocycles. The van der Waals surface area contributed by atoms with Gasteiger partial charge < -0.3 is 18.9 Å². The molecule has 1 aliphatic heterocycles. The summed E-state index contributed by atoms with van der Waals surface area (Å²) in [7, 11) is 1.92.